The highest BCUT2D eigenvalue weighted by molar-refractivity contribution is 9.10. The predicted octanol–water partition coefficient (Wildman–Crippen LogP) is 5.80. The van der Waals surface area contributed by atoms with Crippen LogP contribution in [-0.2, 0) is 14.9 Å². The summed E-state index contributed by atoms with van der Waals surface area (Å²) in [7, 11) is -0.964. The van der Waals surface area contributed by atoms with Crippen LogP contribution >= 0.6 is 27.3 Å². The van der Waals surface area contributed by atoms with Crippen molar-refractivity contribution in [3.63, 3.8) is 0 Å². The van der Waals surface area contributed by atoms with Crippen LogP contribution in [0.1, 0.15) is 16.7 Å². The minimum atomic E-state index is -4.06. The van der Waals surface area contributed by atoms with Crippen molar-refractivity contribution in [3.05, 3.63) is 92.0 Å². The van der Waals surface area contributed by atoms with Crippen molar-refractivity contribution in [2.75, 3.05) is 27.4 Å². The molecule has 0 radical (unpaired) electrons. The maximum Gasteiger partial charge on any atom is 0.339 e. The Kier molecular flexibility index (Phi) is 9.39. The van der Waals surface area contributed by atoms with E-state index in [9.17, 15) is 8.42 Å². The van der Waals surface area contributed by atoms with Gasteiger partial charge in [-0.05, 0) is 66.9 Å². The van der Waals surface area contributed by atoms with E-state index in [2.05, 4.69) is 20.9 Å². The second kappa shape index (κ2) is 12.7. The SMILES string of the molecule is COCCN=c1scc(-c2ccc(Br)cc2)n1N=Cc1ccc(OS(=O)(=O)c2cc(C)ccc2C)c(OC)c1. The fraction of sp³-hybridized carbons (Fsp3) is 0.214. The van der Waals surface area contributed by atoms with Crippen LogP contribution in [0, 0.1) is 13.8 Å². The van der Waals surface area contributed by atoms with E-state index in [0.717, 1.165) is 21.3 Å². The standard InChI is InChI=1S/C28H28BrN3O5S2/c1-19-5-6-20(2)27(15-19)39(33,34)37-25-12-7-21(16-26(25)36-4)17-31-32-24(22-8-10-23(29)11-9-22)18-38-28(32)30-13-14-35-3/h5-12,15-18H,13-14H2,1-4H3. The first-order valence-corrected chi connectivity index (χ1v) is 15.0. The molecule has 0 saturated heterocycles. The molecule has 3 aromatic carbocycles. The maximum absolute atomic E-state index is 13.0. The Hall–Kier alpha value is -3.25. The summed E-state index contributed by atoms with van der Waals surface area (Å²) >= 11 is 4.96. The summed E-state index contributed by atoms with van der Waals surface area (Å²) in [6.07, 6.45) is 1.66. The molecule has 0 aliphatic rings. The first kappa shape index (κ1) is 28.8. The van der Waals surface area contributed by atoms with Crippen molar-refractivity contribution in [1.29, 1.82) is 0 Å². The molecular formula is C28H28BrN3O5S2. The van der Waals surface area contributed by atoms with Gasteiger partial charge in [0, 0.05) is 22.5 Å². The third-order valence-corrected chi connectivity index (χ3v) is 8.45. The smallest absolute Gasteiger partial charge is 0.339 e. The molecule has 1 heterocycles. The Morgan fingerprint density at radius 3 is 2.49 bits per heavy atom. The molecule has 4 rings (SSSR count). The average molecular weight is 631 g/mol. The molecule has 0 atom stereocenters. The normalized spacial score (nSPS) is 12.3. The predicted molar refractivity (Wildman–Crippen MR) is 157 cm³/mol. The number of halogens is 1. The summed E-state index contributed by atoms with van der Waals surface area (Å²) in [6, 6.07) is 18.1. The largest absolute Gasteiger partial charge is 0.493 e. The van der Waals surface area contributed by atoms with E-state index >= 15 is 0 Å². The molecule has 0 spiro atoms. The first-order chi connectivity index (χ1) is 18.7. The number of ether oxygens (including phenoxy) is 2. The quantitative estimate of drug-likeness (QED) is 0.126. The molecule has 1 aromatic heterocycles. The third-order valence-electron chi connectivity index (χ3n) is 5.69. The topological polar surface area (TPSA) is 91.5 Å². The summed E-state index contributed by atoms with van der Waals surface area (Å²) in [4.78, 5) is 5.46. The summed E-state index contributed by atoms with van der Waals surface area (Å²) in [6.45, 7) is 4.56. The summed E-state index contributed by atoms with van der Waals surface area (Å²) < 4.78 is 44.9. The molecule has 11 heteroatoms. The van der Waals surface area contributed by atoms with Crippen molar-refractivity contribution < 1.29 is 22.1 Å². The van der Waals surface area contributed by atoms with Crippen LogP contribution in [0.5, 0.6) is 11.5 Å². The van der Waals surface area contributed by atoms with Crippen molar-refractivity contribution in [3.8, 4) is 22.8 Å². The van der Waals surface area contributed by atoms with Crippen molar-refractivity contribution >= 4 is 43.6 Å². The van der Waals surface area contributed by atoms with Crippen LogP contribution in [0.25, 0.3) is 11.3 Å². The molecule has 0 fully saturated rings. The molecule has 0 amide bonds. The van der Waals surface area contributed by atoms with Gasteiger partial charge in [0.2, 0.25) is 4.80 Å². The van der Waals surface area contributed by atoms with E-state index in [1.54, 1.807) is 55.3 Å². The van der Waals surface area contributed by atoms with Gasteiger partial charge in [-0.2, -0.15) is 13.5 Å². The molecule has 4 aromatic rings. The molecule has 0 N–H and O–H groups in total. The fourth-order valence-electron chi connectivity index (χ4n) is 3.67. The highest BCUT2D eigenvalue weighted by Crippen LogP contribution is 2.31. The van der Waals surface area contributed by atoms with Crippen LogP contribution in [-0.4, -0.2) is 46.7 Å². The van der Waals surface area contributed by atoms with E-state index in [1.807, 2.05) is 42.6 Å². The van der Waals surface area contributed by atoms with E-state index < -0.39 is 10.1 Å². The lowest BCUT2D eigenvalue weighted by Crippen LogP contribution is -2.14. The van der Waals surface area contributed by atoms with Crippen LogP contribution < -0.4 is 13.7 Å². The Morgan fingerprint density at radius 2 is 1.77 bits per heavy atom. The van der Waals surface area contributed by atoms with Crippen LogP contribution in [0.15, 0.2) is 85.5 Å². The molecule has 0 unspecified atom stereocenters. The zero-order valence-corrected chi connectivity index (χ0v) is 25.1. The number of rotatable bonds is 10. The number of benzene rings is 3. The molecule has 204 valence electrons. The number of methoxy groups -OCH3 is 2. The minimum absolute atomic E-state index is 0.0875. The van der Waals surface area contributed by atoms with Gasteiger partial charge in [0.15, 0.2) is 11.5 Å². The van der Waals surface area contributed by atoms with E-state index in [0.29, 0.717) is 29.1 Å². The lowest BCUT2D eigenvalue weighted by atomic mass is 10.2. The van der Waals surface area contributed by atoms with Crippen molar-refractivity contribution in [2.24, 2.45) is 10.1 Å². The molecule has 8 nitrogen and oxygen atoms in total. The molecule has 0 aliphatic carbocycles. The number of thiazole rings is 1. The van der Waals surface area contributed by atoms with Gasteiger partial charge in [-0.15, -0.1) is 11.3 Å². The minimum Gasteiger partial charge on any atom is -0.493 e. The van der Waals surface area contributed by atoms with Gasteiger partial charge in [-0.25, -0.2) is 4.68 Å². The van der Waals surface area contributed by atoms with Gasteiger partial charge in [0.1, 0.15) is 4.90 Å². The van der Waals surface area contributed by atoms with Gasteiger partial charge in [0.25, 0.3) is 0 Å². The van der Waals surface area contributed by atoms with E-state index in [4.69, 9.17) is 18.8 Å². The maximum atomic E-state index is 13.0. The van der Waals surface area contributed by atoms with Crippen molar-refractivity contribution in [2.45, 2.75) is 18.7 Å². The molecular weight excluding hydrogens is 602 g/mol. The van der Waals surface area contributed by atoms with Crippen LogP contribution in [0.2, 0.25) is 0 Å². The number of nitrogens with zero attached hydrogens (tertiary/aromatic N) is 3. The number of aromatic nitrogens is 1. The Bertz CT molecular complexity index is 1660. The number of aryl methyl sites for hydroxylation is 2. The summed E-state index contributed by atoms with van der Waals surface area (Å²) in [5.74, 6) is 0.353. The van der Waals surface area contributed by atoms with E-state index in [1.165, 1.54) is 18.4 Å². The summed E-state index contributed by atoms with van der Waals surface area (Å²) in [5, 5.41) is 6.71. The highest BCUT2D eigenvalue weighted by atomic mass is 79.9. The molecule has 0 bridgehead atoms. The van der Waals surface area contributed by atoms with Gasteiger partial charge < -0.3 is 13.7 Å². The van der Waals surface area contributed by atoms with Crippen LogP contribution in [0.3, 0.4) is 0 Å². The zero-order valence-electron chi connectivity index (χ0n) is 21.9. The molecule has 0 saturated carbocycles. The third kappa shape index (κ3) is 7.04. The molecule has 39 heavy (non-hydrogen) atoms. The number of hydrogen-bond donors (Lipinski definition) is 0. The fourth-order valence-corrected chi connectivity index (χ4v) is 6.05. The lowest BCUT2D eigenvalue weighted by molar-refractivity contribution is 0.207. The Morgan fingerprint density at radius 1 is 1.00 bits per heavy atom. The average Bonchev–Trinajstić information content (AvgIpc) is 3.32. The summed E-state index contributed by atoms with van der Waals surface area (Å²) in [5.41, 5.74) is 3.98. The lowest BCUT2D eigenvalue weighted by Gasteiger charge is -2.13. The highest BCUT2D eigenvalue weighted by Gasteiger charge is 2.21. The van der Waals surface area contributed by atoms with E-state index in [-0.39, 0.29) is 16.4 Å². The van der Waals surface area contributed by atoms with Crippen molar-refractivity contribution in [1.82, 2.24) is 4.68 Å². The van der Waals surface area contributed by atoms with Crippen LogP contribution in [0.4, 0.5) is 0 Å². The second-order valence-electron chi connectivity index (χ2n) is 8.56. The Labute approximate surface area is 240 Å². The zero-order chi connectivity index (χ0) is 28.0. The number of hydrogen-bond acceptors (Lipinski definition) is 8. The van der Waals surface area contributed by atoms with Gasteiger partial charge in [-0.1, -0.05) is 40.2 Å². The van der Waals surface area contributed by atoms with Gasteiger partial charge >= 0.3 is 10.1 Å². The second-order valence-corrected chi connectivity index (χ2v) is 11.8. The van der Waals surface area contributed by atoms with Gasteiger partial charge in [-0.3, -0.25) is 4.99 Å². The monoisotopic (exact) mass is 629 g/mol. The molecule has 0 aliphatic heterocycles. The van der Waals surface area contributed by atoms with Gasteiger partial charge in [0.05, 0.1) is 32.2 Å². The first-order valence-electron chi connectivity index (χ1n) is 11.9. The Balaban J connectivity index is 1.67.